The summed E-state index contributed by atoms with van der Waals surface area (Å²) in [4.78, 5) is 52.6. The Hall–Kier alpha value is -3.96. The molecule has 0 aliphatic carbocycles. The summed E-state index contributed by atoms with van der Waals surface area (Å²) in [5.74, 6) is -3.55. The Morgan fingerprint density at radius 2 is 1.59 bits per heavy atom. The lowest BCUT2D eigenvalue weighted by molar-refractivity contribution is -0.186. The Morgan fingerprint density at radius 3 is 2.26 bits per heavy atom. The number of alkyl halides is 3. The molecule has 0 radical (unpaired) electrons. The lowest BCUT2D eigenvalue weighted by atomic mass is 10.1. The van der Waals surface area contributed by atoms with E-state index in [1.165, 1.54) is 21.6 Å². The first kappa shape index (κ1) is 23.2. The standard InChI is InChI=1S/C22H18F4N4O4/c23-16-6-5-13(12-30-17-4-2-1-3-14(17)18(31)27-21(30)34)11-15(16)19(32)28-7-9-29(10-8-28)20(33)22(24,25)26/h1-6,11H,7-10,12H2,(H,27,31,34). The van der Waals surface area contributed by atoms with Crippen molar-refractivity contribution in [3.8, 4) is 0 Å². The fraction of sp³-hybridized carbons (Fsp3) is 0.273. The maximum atomic E-state index is 14.5. The van der Waals surface area contributed by atoms with Crippen molar-refractivity contribution in [2.75, 3.05) is 26.2 Å². The predicted molar refractivity (Wildman–Crippen MR) is 113 cm³/mol. The van der Waals surface area contributed by atoms with Gasteiger partial charge in [0.25, 0.3) is 11.5 Å². The van der Waals surface area contributed by atoms with Gasteiger partial charge in [-0.2, -0.15) is 13.2 Å². The zero-order chi connectivity index (χ0) is 24.6. The number of halogens is 4. The smallest absolute Gasteiger partial charge is 0.335 e. The summed E-state index contributed by atoms with van der Waals surface area (Å²) in [5.41, 5.74) is -0.773. The van der Waals surface area contributed by atoms with E-state index in [4.69, 9.17) is 0 Å². The number of aromatic amines is 1. The summed E-state index contributed by atoms with van der Waals surface area (Å²) < 4.78 is 53.6. The SMILES string of the molecule is O=C(c1cc(Cn2c(=O)[nH]c(=O)c3ccccc32)ccc1F)N1CCN(C(=O)C(F)(F)F)CC1. The summed E-state index contributed by atoms with van der Waals surface area (Å²) >= 11 is 0. The Balaban J connectivity index is 1.57. The van der Waals surface area contributed by atoms with E-state index < -0.39 is 35.1 Å². The highest BCUT2D eigenvalue weighted by atomic mass is 19.4. The number of hydrogen-bond acceptors (Lipinski definition) is 4. The van der Waals surface area contributed by atoms with Crippen LogP contribution >= 0.6 is 0 Å². The summed E-state index contributed by atoms with van der Waals surface area (Å²) in [6.45, 7) is -1.10. The van der Waals surface area contributed by atoms with Crippen molar-refractivity contribution in [2.24, 2.45) is 0 Å². The second-order valence-electron chi connectivity index (χ2n) is 7.76. The summed E-state index contributed by atoms with van der Waals surface area (Å²) in [5, 5.41) is 0.284. The minimum Gasteiger partial charge on any atom is -0.335 e. The third kappa shape index (κ3) is 4.43. The minimum absolute atomic E-state index is 0.0649. The molecule has 178 valence electrons. The highest BCUT2D eigenvalue weighted by Gasteiger charge is 2.43. The van der Waals surface area contributed by atoms with Crippen LogP contribution in [0.15, 0.2) is 52.1 Å². The van der Waals surface area contributed by atoms with E-state index in [2.05, 4.69) is 4.98 Å². The number of para-hydroxylation sites is 1. The van der Waals surface area contributed by atoms with Crippen LogP contribution in [0.1, 0.15) is 15.9 Å². The topological polar surface area (TPSA) is 95.5 Å². The van der Waals surface area contributed by atoms with Gasteiger partial charge in [-0.1, -0.05) is 18.2 Å². The van der Waals surface area contributed by atoms with Crippen LogP contribution in [0.3, 0.4) is 0 Å². The van der Waals surface area contributed by atoms with Gasteiger partial charge in [0, 0.05) is 26.2 Å². The molecule has 2 aromatic carbocycles. The molecular weight excluding hydrogens is 460 g/mol. The number of carbonyl (C=O) groups excluding carboxylic acids is 2. The van der Waals surface area contributed by atoms with Crippen LogP contribution in [0, 0.1) is 5.82 Å². The maximum Gasteiger partial charge on any atom is 0.471 e. The third-order valence-corrected chi connectivity index (χ3v) is 5.60. The number of H-pyrrole nitrogens is 1. The number of amides is 2. The molecule has 12 heteroatoms. The monoisotopic (exact) mass is 478 g/mol. The summed E-state index contributed by atoms with van der Waals surface area (Å²) in [7, 11) is 0. The first-order chi connectivity index (χ1) is 16.1. The largest absolute Gasteiger partial charge is 0.471 e. The Kier molecular flexibility index (Phi) is 5.98. The number of rotatable bonds is 3. The number of carbonyl (C=O) groups is 2. The van der Waals surface area contributed by atoms with Crippen LogP contribution in [-0.2, 0) is 11.3 Å². The third-order valence-electron chi connectivity index (χ3n) is 5.60. The van der Waals surface area contributed by atoms with Gasteiger partial charge in [-0.15, -0.1) is 0 Å². The highest BCUT2D eigenvalue weighted by Crippen LogP contribution is 2.21. The summed E-state index contributed by atoms with van der Waals surface area (Å²) in [6.07, 6.45) is -5.00. The number of hydrogen-bond donors (Lipinski definition) is 1. The first-order valence-electron chi connectivity index (χ1n) is 10.2. The molecule has 3 aromatic rings. The van der Waals surface area contributed by atoms with E-state index in [9.17, 15) is 36.7 Å². The molecule has 4 rings (SSSR count). The molecule has 0 atom stereocenters. The molecule has 8 nitrogen and oxygen atoms in total. The molecule has 1 fully saturated rings. The van der Waals surface area contributed by atoms with Gasteiger partial charge in [-0.05, 0) is 29.8 Å². The molecule has 34 heavy (non-hydrogen) atoms. The van der Waals surface area contributed by atoms with Gasteiger partial charge in [-0.3, -0.25) is 23.9 Å². The van der Waals surface area contributed by atoms with Crippen molar-refractivity contribution in [3.05, 3.63) is 80.2 Å². The van der Waals surface area contributed by atoms with Gasteiger partial charge in [0.15, 0.2) is 0 Å². The van der Waals surface area contributed by atoms with Gasteiger partial charge in [0.1, 0.15) is 5.82 Å². The summed E-state index contributed by atoms with van der Waals surface area (Å²) in [6, 6.07) is 10.1. The van der Waals surface area contributed by atoms with E-state index >= 15 is 0 Å². The zero-order valence-corrected chi connectivity index (χ0v) is 17.6. The molecule has 1 aromatic heterocycles. The van der Waals surface area contributed by atoms with Crippen LogP contribution < -0.4 is 11.2 Å². The zero-order valence-electron chi connectivity index (χ0n) is 17.6. The fourth-order valence-electron chi connectivity index (χ4n) is 3.88. The second kappa shape index (κ2) is 8.76. The number of aromatic nitrogens is 2. The molecule has 1 saturated heterocycles. The second-order valence-corrected chi connectivity index (χ2v) is 7.76. The Morgan fingerprint density at radius 1 is 0.941 bits per heavy atom. The maximum absolute atomic E-state index is 14.5. The van der Waals surface area contributed by atoms with Gasteiger partial charge >= 0.3 is 17.8 Å². The first-order valence-corrected chi connectivity index (χ1v) is 10.2. The van der Waals surface area contributed by atoms with Crippen LogP contribution in [0.5, 0.6) is 0 Å². The number of piperazine rings is 1. The van der Waals surface area contributed by atoms with Crippen LogP contribution in [0.4, 0.5) is 17.6 Å². The molecule has 1 aliphatic rings. The molecule has 0 saturated carbocycles. The molecule has 2 heterocycles. The molecule has 0 spiro atoms. The van der Waals surface area contributed by atoms with Gasteiger partial charge < -0.3 is 9.80 Å². The lowest BCUT2D eigenvalue weighted by Gasteiger charge is -2.35. The van der Waals surface area contributed by atoms with Crippen molar-refractivity contribution in [2.45, 2.75) is 12.7 Å². The van der Waals surface area contributed by atoms with E-state index in [1.807, 2.05) is 0 Å². The lowest BCUT2D eigenvalue weighted by Crippen LogP contribution is -2.53. The molecule has 0 unspecified atom stereocenters. The quantitative estimate of drug-likeness (QED) is 0.580. The Bertz CT molecular complexity index is 1390. The van der Waals surface area contributed by atoms with Crippen molar-refractivity contribution >= 4 is 22.7 Å². The average molecular weight is 478 g/mol. The number of nitrogens with one attached hydrogen (secondary N) is 1. The van der Waals surface area contributed by atoms with E-state index in [0.717, 1.165) is 6.07 Å². The molecule has 2 amide bonds. The number of fused-ring (bicyclic) bond motifs is 1. The van der Waals surface area contributed by atoms with E-state index in [0.29, 0.717) is 16.0 Å². The predicted octanol–water partition coefficient (Wildman–Crippen LogP) is 1.72. The number of benzene rings is 2. The van der Waals surface area contributed by atoms with Crippen LogP contribution in [0.25, 0.3) is 10.9 Å². The molecule has 1 aliphatic heterocycles. The van der Waals surface area contributed by atoms with Crippen molar-refractivity contribution in [1.29, 1.82) is 0 Å². The van der Waals surface area contributed by atoms with Crippen LogP contribution in [-0.4, -0.2) is 63.5 Å². The molecule has 0 bridgehead atoms. The highest BCUT2D eigenvalue weighted by molar-refractivity contribution is 5.95. The van der Waals surface area contributed by atoms with Crippen molar-refractivity contribution < 1.29 is 27.2 Å². The molecular formula is C22H18F4N4O4. The van der Waals surface area contributed by atoms with Gasteiger partial charge in [0.2, 0.25) is 0 Å². The Labute approximate surface area is 189 Å². The molecule has 1 N–H and O–H groups in total. The van der Waals surface area contributed by atoms with Crippen LogP contribution in [0.2, 0.25) is 0 Å². The van der Waals surface area contributed by atoms with E-state index in [1.54, 1.807) is 24.3 Å². The number of nitrogens with zero attached hydrogens (tertiary/aromatic N) is 3. The van der Waals surface area contributed by atoms with E-state index in [-0.39, 0.29) is 43.7 Å². The fourth-order valence-corrected chi connectivity index (χ4v) is 3.88. The van der Waals surface area contributed by atoms with Crippen molar-refractivity contribution in [3.63, 3.8) is 0 Å². The normalized spacial score (nSPS) is 14.5. The van der Waals surface area contributed by atoms with Gasteiger partial charge in [0.05, 0.1) is 23.0 Å². The average Bonchev–Trinajstić information content (AvgIpc) is 2.81. The van der Waals surface area contributed by atoms with Gasteiger partial charge in [-0.25, -0.2) is 9.18 Å². The van der Waals surface area contributed by atoms with Crippen molar-refractivity contribution in [1.82, 2.24) is 19.4 Å². The minimum atomic E-state index is -5.00.